The normalized spacial score (nSPS) is 13.0. The van der Waals surface area contributed by atoms with Crippen molar-refractivity contribution in [1.29, 1.82) is 0 Å². The van der Waals surface area contributed by atoms with Crippen LogP contribution in [0.1, 0.15) is 94.7 Å². The highest BCUT2D eigenvalue weighted by Crippen LogP contribution is 2.44. The number of fused-ring (bicyclic) bond motifs is 3. The standard InChI is InChI=1S/C43H55IN4O8/c1-43(2,3)56-41(52)46-27-12-9-19-36(48-42(53)55-28-35-33-17-7-5-15-31(33)32-16-6-8-18-34(32)35)39(50)47-37(40(51)54-4)20-10-11-26-45-38(49)21-13-14-29-22-24-30(44)25-23-29/h5-8,15-18,22-25,35-37H,9-14,19-21,26-28H2,1-4H3,(H,45,49)(H,46,52)(H,47,50)(H,48,53). The number of carbonyl (C=O) groups is 5. The van der Waals surface area contributed by atoms with Crippen molar-refractivity contribution in [2.75, 3.05) is 26.8 Å². The quantitative estimate of drug-likeness (QED) is 0.0403. The van der Waals surface area contributed by atoms with Crippen molar-refractivity contribution in [3.63, 3.8) is 0 Å². The predicted octanol–water partition coefficient (Wildman–Crippen LogP) is 7.16. The summed E-state index contributed by atoms with van der Waals surface area (Å²) in [6, 6.07) is 22.3. The Kier molecular flexibility index (Phi) is 17.4. The molecule has 0 heterocycles. The lowest BCUT2D eigenvalue weighted by atomic mass is 9.98. The molecule has 2 atom stereocenters. The van der Waals surface area contributed by atoms with E-state index in [0.29, 0.717) is 45.2 Å². The lowest BCUT2D eigenvalue weighted by Gasteiger charge is -2.23. The van der Waals surface area contributed by atoms with Gasteiger partial charge in [0.1, 0.15) is 24.3 Å². The second kappa shape index (κ2) is 22.2. The van der Waals surface area contributed by atoms with Crippen molar-refractivity contribution in [1.82, 2.24) is 21.3 Å². The molecule has 4 N–H and O–H groups in total. The number of unbranched alkanes of at least 4 members (excludes halogenated alkanes) is 2. The van der Waals surface area contributed by atoms with Crippen molar-refractivity contribution in [2.24, 2.45) is 0 Å². The summed E-state index contributed by atoms with van der Waals surface area (Å²) in [5.74, 6) is -1.36. The highest BCUT2D eigenvalue weighted by Gasteiger charge is 2.31. The van der Waals surface area contributed by atoms with E-state index >= 15 is 0 Å². The van der Waals surface area contributed by atoms with Gasteiger partial charge < -0.3 is 35.5 Å². The summed E-state index contributed by atoms with van der Waals surface area (Å²) in [5, 5.41) is 11.1. The number of rotatable bonds is 20. The summed E-state index contributed by atoms with van der Waals surface area (Å²) in [4.78, 5) is 64.2. The van der Waals surface area contributed by atoms with Crippen molar-refractivity contribution < 1.29 is 38.2 Å². The van der Waals surface area contributed by atoms with Gasteiger partial charge in [0, 0.05) is 29.0 Å². The Morgan fingerprint density at radius 3 is 1.91 bits per heavy atom. The zero-order chi connectivity index (χ0) is 40.5. The first-order valence-electron chi connectivity index (χ1n) is 19.3. The maximum absolute atomic E-state index is 13.7. The number of aryl methyl sites for hydroxylation is 1. The number of methoxy groups -OCH3 is 1. The molecule has 2 unspecified atom stereocenters. The van der Waals surface area contributed by atoms with E-state index in [1.165, 1.54) is 16.2 Å². The number of ether oxygens (including phenoxy) is 3. The van der Waals surface area contributed by atoms with Gasteiger partial charge in [-0.15, -0.1) is 0 Å². The van der Waals surface area contributed by atoms with Crippen LogP contribution in [-0.2, 0) is 35.0 Å². The number of hydrogen-bond acceptors (Lipinski definition) is 8. The van der Waals surface area contributed by atoms with Gasteiger partial charge in [0.25, 0.3) is 0 Å². The molecule has 0 saturated carbocycles. The molecule has 13 heteroatoms. The number of carbonyl (C=O) groups excluding carboxylic acids is 5. The summed E-state index contributed by atoms with van der Waals surface area (Å²) in [7, 11) is 1.25. The van der Waals surface area contributed by atoms with E-state index < -0.39 is 41.7 Å². The van der Waals surface area contributed by atoms with Crippen LogP contribution < -0.4 is 21.3 Å². The first kappa shape index (κ1) is 44.1. The van der Waals surface area contributed by atoms with Crippen LogP contribution >= 0.6 is 22.6 Å². The molecule has 1 aliphatic rings. The zero-order valence-corrected chi connectivity index (χ0v) is 34.9. The molecule has 0 fully saturated rings. The third kappa shape index (κ3) is 14.4. The maximum Gasteiger partial charge on any atom is 0.407 e. The number of esters is 1. The summed E-state index contributed by atoms with van der Waals surface area (Å²) in [6.45, 7) is 6.15. The highest BCUT2D eigenvalue weighted by atomic mass is 127. The minimum Gasteiger partial charge on any atom is -0.467 e. The van der Waals surface area contributed by atoms with Crippen LogP contribution in [0.5, 0.6) is 0 Å². The van der Waals surface area contributed by atoms with Gasteiger partial charge in [-0.05, 0) is 135 Å². The van der Waals surface area contributed by atoms with Gasteiger partial charge in [-0.1, -0.05) is 60.7 Å². The van der Waals surface area contributed by atoms with Gasteiger partial charge in [-0.2, -0.15) is 0 Å². The second-order valence-corrected chi connectivity index (χ2v) is 16.1. The Morgan fingerprint density at radius 2 is 1.30 bits per heavy atom. The monoisotopic (exact) mass is 882 g/mol. The van der Waals surface area contributed by atoms with Crippen molar-refractivity contribution in [3.05, 3.63) is 93.1 Å². The molecular formula is C43H55IN4O8. The van der Waals surface area contributed by atoms with E-state index in [1.54, 1.807) is 20.8 Å². The number of amides is 4. The Morgan fingerprint density at radius 1 is 0.714 bits per heavy atom. The molecule has 0 bridgehead atoms. The molecule has 0 radical (unpaired) electrons. The lowest BCUT2D eigenvalue weighted by Crippen LogP contribution is -2.52. The molecule has 0 saturated heterocycles. The van der Waals surface area contributed by atoms with E-state index in [-0.39, 0.29) is 31.3 Å². The molecule has 3 aromatic rings. The van der Waals surface area contributed by atoms with E-state index in [0.717, 1.165) is 35.1 Å². The van der Waals surface area contributed by atoms with E-state index in [1.807, 2.05) is 36.4 Å². The van der Waals surface area contributed by atoms with Crippen molar-refractivity contribution in [2.45, 2.75) is 102 Å². The summed E-state index contributed by atoms with van der Waals surface area (Å²) in [6.07, 6.45) is 3.28. The Balaban J connectivity index is 1.29. The first-order chi connectivity index (χ1) is 26.8. The molecule has 0 spiro atoms. The van der Waals surface area contributed by atoms with E-state index in [4.69, 9.17) is 14.2 Å². The van der Waals surface area contributed by atoms with Crippen molar-refractivity contribution >= 4 is 52.6 Å². The average Bonchev–Trinajstić information content (AvgIpc) is 3.49. The lowest BCUT2D eigenvalue weighted by molar-refractivity contribution is -0.145. The third-order valence-electron chi connectivity index (χ3n) is 9.37. The molecule has 302 valence electrons. The molecule has 3 aromatic carbocycles. The second-order valence-electron chi connectivity index (χ2n) is 14.9. The first-order valence-corrected chi connectivity index (χ1v) is 20.4. The minimum atomic E-state index is -1.03. The van der Waals surface area contributed by atoms with Crippen LogP contribution in [0.25, 0.3) is 11.1 Å². The van der Waals surface area contributed by atoms with Gasteiger partial charge >= 0.3 is 18.2 Å². The topological polar surface area (TPSA) is 161 Å². The smallest absolute Gasteiger partial charge is 0.407 e. The van der Waals surface area contributed by atoms with Crippen LogP contribution in [0.2, 0.25) is 0 Å². The highest BCUT2D eigenvalue weighted by molar-refractivity contribution is 14.1. The third-order valence-corrected chi connectivity index (χ3v) is 10.1. The minimum absolute atomic E-state index is 0.0308. The van der Waals surface area contributed by atoms with Gasteiger partial charge in [0.05, 0.1) is 7.11 Å². The van der Waals surface area contributed by atoms with Crippen LogP contribution in [0.3, 0.4) is 0 Å². The zero-order valence-electron chi connectivity index (χ0n) is 32.8. The van der Waals surface area contributed by atoms with Gasteiger partial charge in [0.2, 0.25) is 11.8 Å². The van der Waals surface area contributed by atoms with Gasteiger partial charge in [-0.3, -0.25) is 9.59 Å². The molecule has 4 amide bonds. The van der Waals surface area contributed by atoms with Crippen LogP contribution in [0, 0.1) is 3.57 Å². The fourth-order valence-corrected chi connectivity index (χ4v) is 6.95. The number of alkyl carbamates (subject to hydrolysis) is 2. The fourth-order valence-electron chi connectivity index (χ4n) is 6.59. The van der Waals surface area contributed by atoms with Crippen LogP contribution in [0.15, 0.2) is 72.8 Å². The molecule has 0 aromatic heterocycles. The molecule has 0 aliphatic heterocycles. The number of benzene rings is 3. The van der Waals surface area contributed by atoms with Crippen LogP contribution in [-0.4, -0.2) is 74.5 Å². The van der Waals surface area contributed by atoms with E-state index in [2.05, 4.69) is 80.3 Å². The summed E-state index contributed by atoms with van der Waals surface area (Å²) < 4.78 is 17.2. The fraction of sp³-hybridized carbons (Fsp3) is 0.465. The molecule has 56 heavy (non-hydrogen) atoms. The van der Waals surface area contributed by atoms with Gasteiger partial charge in [0.15, 0.2) is 0 Å². The summed E-state index contributed by atoms with van der Waals surface area (Å²) in [5.41, 5.74) is 4.88. The summed E-state index contributed by atoms with van der Waals surface area (Å²) >= 11 is 2.26. The number of hydrogen-bond donors (Lipinski definition) is 4. The van der Waals surface area contributed by atoms with E-state index in [9.17, 15) is 24.0 Å². The largest absolute Gasteiger partial charge is 0.467 e. The molecular weight excluding hydrogens is 827 g/mol. The molecule has 1 aliphatic carbocycles. The SMILES string of the molecule is COC(=O)C(CCCCNC(=O)CCCc1ccc(I)cc1)NC(=O)C(CCCCNC(=O)OC(C)(C)C)NC(=O)OCC1c2ccccc2-c2ccccc21. The van der Waals surface area contributed by atoms with Crippen LogP contribution in [0.4, 0.5) is 9.59 Å². The predicted molar refractivity (Wildman–Crippen MR) is 223 cm³/mol. The van der Waals surface area contributed by atoms with Crippen molar-refractivity contribution in [3.8, 4) is 11.1 Å². The number of halogens is 1. The Hall–Kier alpha value is -4.66. The Bertz CT molecular complexity index is 1730. The average molecular weight is 883 g/mol. The molecule has 4 rings (SSSR count). The Labute approximate surface area is 343 Å². The number of nitrogens with one attached hydrogen (secondary N) is 4. The maximum atomic E-state index is 13.7. The molecule has 12 nitrogen and oxygen atoms in total. The van der Waals surface area contributed by atoms with Gasteiger partial charge in [-0.25, -0.2) is 14.4 Å².